The first-order chi connectivity index (χ1) is 8.06. The molecule has 0 aliphatic carbocycles. The summed E-state index contributed by atoms with van der Waals surface area (Å²) in [5.41, 5.74) is 0.949. The number of hydrogen-bond donors (Lipinski definition) is 1. The number of carbonyl (C=O) groups is 1. The van der Waals surface area contributed by atoms with Crippen LogP contribution in [-0.4, -0.2) is 37.0 Å². The van der Waals surface area contributed by atoms with Gasteiger partial charge in [-0.15, -0.1) is 0 Å². The Hall–Kier alpha value is -1.42. The van der Waals surface area contributed by atoms with Crippen LogP contribution in [0.15, 0.2) is 18.2 Å². The Morgan fingerprint density at radius 3 is 2.88 bits per heavy atom. The Balaban J connectivity index is 2.04. The van der Waals surface area contributed by atoms with E-state index in [1.807, 2.05) is 7.05 Å². The van der Waals surface area contributed by atoms with Gasteiger partial charge < -0.3 is 10.2 Å². The van der Waals surface area contributed by atoms with Crippen LogP contribution >= 0.6 is 0 Å². The van der Waals surface area contributed by atoms with Gasteiger partial charge in [0.1, 0.15) is 5.82 Å². The quantitative estimate of drug-likeness (QED) is 0.845. The van der Waals surface area contributed by atoms with Crippen molar-refractivity contribution in [1.29, 1.82) is 0 Å². The molecule has 1 aliphatic rings. The van der Waals surface area contributed by atoms with Crippen LogP contribution in [0.4, 0.5) is 4.39 Å². The number of hydrogen-bond acceptors (Lipinski definition) is 2. The van der Waals surface area contributed by atoms with E-state index in [-0.39, 0.29) is 17.5 Å². The number of amides is 1. The molecular formula is C13H17FN2O. The number of carbonyl (C=O) groups excluding carboxylic acids is 1. The van der Waals surface area contributed by atoms with E-state index in [2.05, 4.69) is 10.2 Å². The lowest BCUT2D eigenvalue weighted by molar-refractivity contribution is 0.0934. The van der Waals surface area contributed by atoms with Crippen LogP contribution in [0.25, 0.3) is 0 Å². The van der Waals surface area contributed by atoms with Crippen LogP contribution in [0.5, 0.6) is 0 Å². The van der Waals surface area contributed by atoms with Crippen LogP contribution < -0.4 is 5.32 Å². The third-order valence-electron chi connectivity index (χ3n) is 3.10. The van der Waals surface area contributed by atoms with Gasteiger partial charge in [-0.1, -0.05) is 6.07 Å². The molecule has 1 atom stereocenters. The van der Waals surface area contributed by atoms with E-state index >= 15 is 0 Å². The van der Waals surface area contributed by atoms with Crippen molar-refractivity contribution in [2.45, 2.75) is 19.4 Å². The summed E-state index contributed by atoms with van der Waals surface area (Å²) in [7, 11) is 2.01. The second kappa shape index (κ2) is 4.84. The molecule has 1 unspecified atom stereocenters. The molecule has 2 rings (SSSR count). The summed E-state index contributed by atoms with van der Waals surface area (Å²) in [5.74, 6) is -0.767. The maximum atomic E-state index is 13.6. The highest BCUT2D eigenvalue weighted by Crippen LogP contribution is 2.12. The highest BCUT2D eigenvalue weighted by molar-refractivity contribution is 5.94. The fraction of sp³-hybridized carbons (Fsp3) is 0.462. The first-order valence-electron chi connectivity index (χ1n) is 5.82. The first kappa shape index (κ1) is 12.0. The number of likely N-dealkylation sites (N-methyl/N-ethyl adjacent to an activating group) is 1. The predicted octanol–water partition coefficient (Wildman–Crippen LogP) is 1.57. The largest absolute Gasteiger partial charge is 0.348 e. The Bertz CT molecular complexity index is 433. The van der Waals surface area contributed by atoms with Gasteiger partial charge >= 0.3 is 0 Å². The van der Waals surface area contributed by atoms with Gasteiger partial charge in [-0.2, -0.15) is 0 Å². The lowest BCUT2D eigenvalue weighted by Gasteiger charge is -2.13. The highest BCUT2D eigenvalue weighted by Gasteiger charge is 2.22. The number of halogens is 1. The van der Waals surface area contributed by atoms with E-state index in [0.717, 1.165) is 25.1 Å². The SMILES string of the molecule is Cc1ccc(C(=O)NC2CCN(C)C2)c(F)c1. The third kappa shape index (κ3) is 2.82. The molecule has 0 spiro atoms. The van der Waals surface area contributed by atoms with Crippen molar-refractivity contribution in [2.75, 3.05) is 20.1 Å². The zero-order valence-electron chi connectivity index (χ0n) is 10.2. The number of nitrogens with zero attached hydrogens (tertiary/aromatic N) is 1. The van der Waals surface area contributed by atoms with Crippen molar-refractivity contribution in [2.24, 2.45) is 0 Å². The second-order valence-corrected chi connectivity index (χ2v) is 4.70. The van der Waals surface area contributed by atoms with E-state index in [9.17, 15) is 9.18 Å². The molecule has 1 N–H and O–H groups in total. The second-order valence-electron chi connectivity index (χ2n) is 4.70. The van der Waals surface area contributed by atoms with Crippen molar-refractivity contribution < 1.29 is 9.18 Å². The van der Waals surface area contributed by atoms with E-state index < -0.39 is 5.82 Å². The molecule has 1 saturated heterocycles. The molecule has 92 valence electrons. The zero-order chi connectivity index (χ0) is 12.4. The number of benzene rings is 1. The molecule has 0 bridgehead atoms. The number of nitrogens with one attached hydrogen (secondary N) is 1. The minimum absolute atomic E-state index is 0.130. The van der Waals surface area contributed by atoms with Gasteiger partial charge in [-0.25, -0.2) is 4.39 Å². The minimum atomic E-state index is -0.450. The maximum absolute atomic E-state index is 13.6. The smallest absolute Gasteiger partial charge is 0.254 e. The molecule has 4 heteroatoms. The Kier molecular flexibility index (Phi) is 3.43. The van der Waals surface area contributed by atoms with Crippen LogP contribution in [0, 0.1) is 12.7 Å². The average Bonchev–Trinajstić information content (AvgIpc) is 2.63. The lowest BCUT2D eigenvalue weighted by Crippen LogP contribution is -2.36. The van der Waals surface area contributed by atoms with Crippen molar-refractivity contribution >= 4 is 5.91 Å². The normalized spacial score (nSPS) is 20.5. The monoisotopic (exact) mass is 236 g/mol. The maximum Gasteiger partial charge on any atom is 0.254 e. The van der Waals surface area contributed by atoms with Crippen LogP contribution in [-0.2, 0) is 0 Å². The highest BCUT2D eigenvalue weighted by atomic mass is 19.1. The summed E-state index contributed by atoms with van der Waals surface area (Å²) < 4.78 is 13.6. The van der Waals surface area contributed by atoms with E-state index in [1.54, 1.807) is 19.1 Å². The van der Waals surface area contributed by atoms with Gasteiger partial charge in [0.05, 0.1) is 5.56 Å². The first-order valence-corrected chi connectivity index (χ1v) is 5.82. The summed E-state index contributed by atoms with van der Waals surface area (Å²) in [5, 5.41) is 2.87. The molecule has 0 saturated carbocycles. The van der Waals surface area contributed by atoms with Gasteiger partial charge in [0.15, 0.2) is 0 Å². The van der Waals surface area contributed by atoms with Gasteiger partial charge in [0.25, 0.3) is 5.91 Å². The standard InChI is InChI=1S/C13H17FN2O/c1-9-3-4-11(12(14)7-9)13(17)15-10-5-6-16(2)8-10/h3-4,7,10H,5-6,8H2,1-2H3,(H,15,17). The van der Waals surface area contributed by atoms with Crippen molar-refractivity contribution in [3.05, 3.63) is 35.1 Å². The molecule has 1 heterocycles. The Morgan fingerprint density at radius 2 is 2.29 bits per heavy atom. The van der Waals surface area contributed by atoms with Gasteiger partial charge in [0.2, 0.25) is 0 Å². The molecule has 1 aromatic carbocycles. The van der Waals surface area contributed by atoms with E-state index in [1.165, 1.54) is 6.07 Å². The summed E-state index contributed by atoms with van der Waals surface area (Å²) in [6, 6.07) is 4.81. The molecule has 0 aromatic heterocycles. The predicted molar refractivity (Wildman–Crippen MR) is 64.5 cm³/mol. The van der Waals surface area contributed by atoms with Gasteiger partial charge in [0, 0.05) is 12.6 Å². The molecule has 1 amide bonds. The number of aryl methyl sites for hydroxylation is 1. The topological polar surface area (TPSA) is 32.3 Å². The zero-order valence-corrected chi connectivity index (χ0v) is 10.2. The van der Waals surface area contributed by atoms with Crippen molar-refractivity contribution in [1.82, 2.24) is 10.2 Å². The molecule has 3 nitrogen and oxygen atoms in total. The Labute approximate surface area is 101 Å². The summed E-state index contributed by atoms with van der Waals surface area (Å²) in [4.78, 5) is 14.0. The number of likely N-dealkylation sites (tertiary alicyclic amines) is 1. The van der Waals surface area contributed by atoms with Gasteiger partial charge in [-0.05, 0) is 44.6 Å². The molecule has 1 aliphatic heterocycles. The van der Waals surface area contributed by atoms with Crippen molar-refractivity contribution in [3.63, 3.8) is 0 Å². The lowest BCUT2D eigenvalue weighted by atomic mass is 10.1. The summed E-state index contributed by atoms with van der Waals surface area (Å²) >= 11 is 0. The molecular weight excluding hydrogens is 219 g/mol. The van der Waals surface area contributed by atoms with Gasteiger partial charge in [-0.3, -0.25) is 4.79 Å². The van der Waals surface area contributed by atoms with Crippen molar-refractivity contribution in [3.8, 4) is 0 Å². The Morgan fingerprint density at radius 1 is 1.53 bits per heavy atom. The molecule has 17 heavy (non-hydrogen) atoms. The van der Waals surface area contributed by atoms with Crippen LogP contribution in [0.1, 0.15) is 22.3 Å². The average molecular weight is 236 g/mol. The third-order valence-corrected chi connectivity index (χ3v) is 3.10. The number of rotatable bonds is 2. The molecule has 1 fully saturated rings. The fourth-order valence-corrected chi connectivity index (χ4v) is 2.12. The molecule has 1 aromatic rings. The summed E-state index contributed by atoms with van der Waals surface area (Å²) in [6.45, 7) is 3.61. The summed E-state index contributed by atoms with van der Waals surface area (Å²) in [6.07, 6.45) is 0.926. The van der Waals surface area contributed by atoms with E-state index in [0.29, 0.717) is 0 Å². The van der Waals surface area contributed by atoms with Crippen LogP contribution in [0.2, 0.25) is 0 Å². The van der Waals surface area contributed by atoms with E-state index in [4.69, 9.17) is 0 Å². The van der Waals surface area contributed by atoms with Crippen LogP contribution in [0.3, 0.4) is 0 Å². The molecule has 0 radical (unpaired) electrons. The fourth-order valence-electron chi connectivity index (χ4n) is 2.12. The minimum Gasteiger partial charge on any atom is -0.348 e.